The molecule has 3 aromatic rings. The number of aliphatic hydroxyl groups excluding tert-OH is 1. The number of amides is 2. The van der Waals surface area contributed by atoms with Crippen LogP contribution in [0.1, 0.15) is 69.3 Å². The van der Waals surface area contributed by atoms with Crippen LogP contribution in [0, 0.1) is 5.41 Å². The van der Waals surface area contributed by atoms with Gasteiger partial charge in [-0.05, 0) is 44.0 Å². The van der Waals surface area contributed by atoms with Gasteiger partial charge >= 0.3 is 11.9 Å². The number of benzene rings is 1. The van der Waals surface area contributed by atoms with E-state index in [4.69, 9.17) is 9.47 Å². The Balaban J connectivity index is 1.72. The van der Waals surface area contributed by atoms with Crippen LogP contribution in [0.15, 0.2) is 41.5 Å². The van der Waals surface area contributed by atoms with Crippen LogP contribution in [-0.4, -0.2) is 69.3 Å². The van der Waals surface area contributed by atoms with Gasteiger partial charge < -0.3 is 30.2 Å². The standard InChI is InChI=1S/C30H39N5O8/c1-6-42-24(37)13-12-22(28(40)43-7-2)32-26(38)19-10-8-18(9-11-19)20(16-36)15-35-17-31-25-21(27(35)39)14-23(33-25)34-29(41)30(3,4)5/h8-11,14,17,20,22,33,36H,6-7,12-13,15-16H2,1-5H3,(H,32,38)(H,34,41). The summed E-state index contributed by atoms with van der Waals surface area (Å²) in [5, 5.41) is 15.8. The topological polar surface area (TPSA) is 182 Å². The minimum absolute atomic E-state index is 0.0206. The molecular weight excluding hydrogens is 558 g/mol. The number of nitrogens with one attached hydrogen (secondary N) is 3. The first kappa shape index (κ1) is 33.0. The van der Waals surface area contributed by atoms with Gasteiger partial charge in [0, 0.05) is 29.9 Å². The summed E-state index contributed by atoms with van der Waals surface area (Å²) in [6, 6.07) is 6.89. The molecule has 232 valence electrons. The highest BCUT2D eigenvalue weighted by atomic mass is 16.5. The quantitative estimate of drug-likeness (QED) is 0.215. The van der Waals surface area contributed by atoms with E-state index in [1.165, 1.54) is 17.0 Å². The van der Waals surface area contributed by atoms with Gasteiger partial charge in [-0.3, -0.25) is 23.7 Å². The molecule has 2 heterocycles. The van der Waals surface area contributed by atoms with Crippen molar-refractivity contribution in [3.8, 4) is 0 Å². The van der Waals surface area contributed by atoms with Crippen molar-refractivity contribution in [1.82, 2.24) is 19.9 Å². The maximum Gasteiger partial charge on any atom is 0.328 e. The fourth-order valence-electron chi connectivity index (χ4n) is 4.19. The molecule has 1 aromatic carbocycles. The summed E-state index contributed by atoms with van der Waals surface area (Å²) >= 11 is 0. The molecular formula is C30H39N5O8. The van der Waals surface area contributed by atoms with Crippen molar-refractivity contribution in [3.05, 3.63) is 58.1 Å². The van der Waals surface area contributed by atoms with Crippen molar-refractivity contribution in [2.24, 2.45) is 5.41 Å². The third kappa shape index (κ3) is 8.74. The highest BCUT2D eigenvalue weighted by Crippen LogP contribution is 2.21. The molecule has 0 aliphatic carbocycles. The second-order valence-electron chi connectivity index (χ2n) is 11.0. The number of fused-ring (bicyclic) bond motifs is 1. The first-order valence-electron chi connectivity index (χ1n) is 14.1. The molecule has 0 saturated heterocycles. The van der Waals surface area contributed by atoms with Gasteiger partial charge in [0.05, 0.1) is 31.5 Å². The Morgan fingerprint density at radius 3 is 2.35 bits per heavy atom. The van der Waals surface area contributed by atoms with Crippen LogP contribution < -0.4 is 16.2 Å². The summed E-state index contributed by atoms with van der Waals surface area (Å²) in [6.45, 7) is 8.80. The zero-order chi connectivity index (χ0) is 31.7. The molecule has 2 atom stereocenters. The molecule has 0 radical (unpaired) electrons. The Bertz CT molecular complexity index is 1500. The van der Waals surface area contributed by atoms with E-state index in [0.717, 1.165) is 0 Å². The number of esters is 2. The van der Waals surface area contributed by atoms with Gasteiger partial charge in [-0.1, -0.05) is 32.9 Å². The molecule has 0 aliphatic rings. The number of ether oxygens (including phenoxy) is 2. The first-order valence-corrected chi connectivity index (χ1v) is 14.1. The van der Waals surface area contributed by atoms with E-state index in [1.807, 2.05) is 0 Å². The maximum absolute atomic E-state index is 13.2. The van der Waals surface area contributed by atoms with E-state index in [1.54, 1.807) is 58.9 Å². The number of aromatic amines is 1. The van der Waals surface area contributed by atoms with Crippen LogP contribution in [-0.2, 0) is 30.4 Å². The number of anilines is 1. The Hall–Kier alpha value is -4.52. The van der Waals surface area contributed by atoms with Gasteiger partial charge in [0.15, 0.2) is 0 Å². The lowest BCUT2D eigenvalue weighted by molar-refractivity contribution is -0.146. The molecule has 0 fully saturated rings. The summed E-state index contributed by atoms with van der Waals surface area (Å²) < 4.78 is 11.3. The molecule has 2 aromatic heterocycles. The first-order chi connectivity index (χ1) is 20.4. The van der Waals surface area contributed by atoms with E-state index >= 15 is 0 Å². The minimum Gasteiger partial charge on any atom is -0.466 e. The number of carbonyl (C=O) groups excluding carboxylic acids is 4. The molecule has 0 aliphatic heterocycles. The van der Waals surface area contributed by atoms with Crippen molar-refractivity contribution in [3.63, 3.8) is 0 Å². The highest BCUT2D eigenvalue weighted by Gasteiger charge is 2.25. The van der Waals surface area contributed by atoms with E-state index < -0.39 is 35.2 Å². The minimum atomic E-state index is -1.04. The van der Waals surface area contributed by atoms with Crippen LogP contribution in [0.5, 0.6) is 0 Å². The summed E-state index contributed by atoms with van der Waals surface area (Å²) in [6.07, 6.45) is 1.32. The second-order valence-corrected chi connectivity index (χ2v) is 11.0. The number of carbonyl (C=O) groups is 4. The third-order valence-corrected chi connectivity index (χ3v) is 6.64. The van der Waals surface area contributed by atoms with Crippen LogP contribution in [0.2, 0.25) is 0 Å². The molecule has 2 unspecified atom stereocenters. The van der Waals surface area contributed by atoms with Crippen LogP contribution >= 0.6 is 0 Å². The molecule has 0 bridgehead atoms. The maximum atomic E-state index is 13.2. The van der Waals surface area contributed by atoms with Crippen molar-refractivity contribution in [2.75, 3.05) is 25.1 Å². The normalized spacial score (nSPS) is 12.8. The van der Waals surface area contributed by atoms with Crippen LogP contribution in [0.25, 0.3) is 11.0 Å². The predicted octanol–water partition coefficient (Wildman–Crippen LogP) is 2.49. The number of rotatable bonds is 13. The average Bonchev–Trinajstić information content (AvgIpc) is 3.38. The lowest BCUT2D eigenvalue weighted by Gasteiger charge is -2.18. The molecule has 13 heteroatoms. The van der Waals surface area contributed by atoms with Crippen LogP contribution in [0.4, 0.5) is 5.82 Å². The summed E-state index contributed by atoms with van der Waals surface area (Å²) in [5.74, 6) is -2.03. The number of hydrogen-bond donors (Lipinski definition) is 4. The molecule has 13 nitrogen and oxygen atoms in total. The van der Waals surface area contributed by atoms with Crippen molar-refractivity contribution < 1.29 is 33.8 Å². The second kappa shape index (κ2) is 14.6. The van der Waals surface area contributed by atoms with E-state index in [0.29, 0.717) is 17.0 Å². The van der Waals surface area contributed by atoms with Crippen molar-refractivity contribution in [2.45, 2.75) is 66.0 Å². The monoisotopic (exact) mass is 597 g/mol. The Morgan fingerprint density at radius 1 is 1.07 bits per heavy atom. The Labute approximate surface area is 249 Å². The van der Waals surface area contributed by atoms with Crippen molar-refractivity contribution in [1.29, 1.82) is 0 Å². The van der Waals surface area contributed by atoms with E-state index in [2.05, 4.69) is 20.6 Å². The highest BCUT2D eigenvalue weighted by molar-refractivity contribution is 5.97. The zero-order valence-electron chi connectivity index (χ0n) is 25.1. The van der Waals surface area contributed by atoms with Gasteiger partial charge in [-0.25, -0.2) is 9.78 Å². The molecule has 3 rings (SSSR count). The smallest absolute Gasteiger partial charge is 0.328 e. The fourth-order valence-corrected chi connectivity index (χ4v) is 4.19. The molecule has 43 heavy (non-hydrogen) atoms. The van der Waals surface area contributed by atoms with Gasteiger partial charge in [0.25, 0.3) is 11.5 Å². The third-order valence-electron chi connectivity index (χ3n) is 6.64. The molecule has 2 amide bonds. The SMILES string of the molecule is CCOC(=O)CCC(NC(=O)c1ccc(C(CO)Cn2cnc3[nH]c(NC(=O)C(C)(C)C)cc3c2=O)cc1)C(=O)OCC. The predicted molar refractivity (Wildman–Crippen MR) is 158 cm³/mol. The number of nitrogens with zero attached hydrogens (tertiary/aromatic N) is 2. The summed E-state index contributed by atoms with van der Waals surface area (Å²) in [7, 11) is 0. The number of hydrogen-bond acceptors (Lipinski definition) is 9. The Kier molecular flexibility index (Phi) is 11.2. The fraction of sp³-hybridized carbons (Fsp3) is 0.467. The summed E-state index contributed by atoms with van der Waals surface area (Å²) in [5.41, 5.74) is 0.276. The van der Waals surface area contributed by atoms with Crippen LogP contribution in [0.3, 0.4) is 0 Å². The number of aromatic nitrogens is 3. The van der Waals surface area contributed by atoms with Gasteiger partial charge in [-0.15, -0.1) is 0 Å². The van der Waals surface area contributed by atoms with Gasteiger partial charge in [-0.2, -0.15) is 0 Å². The van der Waals surface area contributed by atoms with Gasteiger partial charge in [0.1, 0.15) is 17.5 Å². The van der Waals surface area contributed by atoms with Crippen molar-refractivity contribution >= 4 is 40.6 Å². The lowest BCUT2D eigenvalue weighted by atomic mass is 9.96. The number of H-pyrrole nitrogens is 1. The number of aliphatic hydroxyl groups is 1. The lowest BCUT2D eigenvalue weighted by Crippen LogP contribution is -2.42. The van der Waals surface area contributed by atoms with E-state index in [9.17, 15) is 29.1 Å². The summed E-state index contributed by atoms with van der Waals surface area (Å²) in [4.78, 5) is 69.8. The average molecular weight is 598 g/mol. The molecule has 0 spiro atoms. The van der Waals surface area contributed by atoms with Gasteiger partial charge in [0.2, 0.25) is 5.91 Å². The largest absolute Gasteiger partial charge is 0.466 e. The molecule has 0 saturated carbocycles. The zero-order valence-corrected chi connectivity index (χ0v) is 25.1. The Morgan fingerprint density at radius 2 is 1.74 bits per heavy atom. The van der Waals surface area contributed by atoms with E-state index in [-0.39, 0.29) is 61.6 Å². The molecule has 4 N–H and O–H groups in total.